The summed E-state index contributed by atoms with van der Waals surface area (Å²) in [6, 6.07) is 17.7. The van der Waals surface area contributed by atoms with Crippen LogP contribution in [-0.4, -0.2) is 99.4 Å². The fourth-order valence-corrected chi connectivity index (χ4v) is 9.76. The van der Waals surface area contributed by atoms with E-state index in [0.717, 1.165) is 0 Å². The van der Waals surface area contributed by atoms with Gasteiger partial charge in [-0.15, -0.1) is 0 Å². The molecule has 19 nitrogen and oxygen atoms in total. The number of carbonyl (C=O) groups is 3. The van der Waals surface area contributed by atoms with Crippen LogP contribution in [0.2, 0.25) is 0 Å². The number of Topliss-reactive ketones (excluding diaryl/α,β-unsaturated/α-hetero) is 3. The van der Waals surface area contributed by atoms with Crippen LogP contribution in [0.25, 0.3) is 0 Å². The third-order valence-electron chi connectivity index (χ3n) is 6.72. The molecule has 0 fully saturated rings. The van der Waals surface area contributed by atoms with Crippen molar-refractivity contribution >= 4 is 97.9 Å². The second kappa shape index (κ2) is 27.5. The number of rotatable bonds is 21. The summed E-state index contributed by atoms with van der Waals surface area (Å²) in [6.07, 6.45) is -0.423. The summed E-state index contributed by atoms with van der Waals surface area (Å²) in [6.45, 7) is 3.85. The average molecular weight is 1030 g/mol. The van der Waals surface area contributed by atoms with Gasteiger partial charge in [0.25, 0.3) is 0 Å². The van der Waals surface area contributed by atoms with Crippen molar-refractivity contribution in [3.63, 3.8) is 0 Å². The van der Waals surface area contributed by atoms with E-state index in [9.17, 15) is 64.9 Å². The molecule has 0 aliphatic heterocycles. The quantitative estimate of drug-likeness (QED) is 0.0476. The molecule has 3 aromatic carbocycles. The van der Waals surface area contributed by atoms with E-state index in [4.69, 9.17) is 33.9 Å². The Morgan fingerprint density at radius 2 is 0.721 bits per heavy atom. The van der Waals surface area contributed by atoms with E-state index in [1.807, 2.05) is 0 Å². The van der Waals surface area contributed by atoms with Gasteiger partial charge < -0.3 is 26.4 Å². The van der Waals surface area contributed by atoms with Gasteiger partial charge in [0.1, 0.15) is 0 Å². The van der Waals surface area contributed by atoms with Crippen LogP contribution in [0.4, 0.5) is 0 Å². The molecule has 338 valence electrons. The molecule has 0 aliphatic rings. The first kappa shape index (κ1) is 60.4. The van der Waals surface area contributed by atoms with Crippen molar-refractivity contribution in [1.29, 1.82) is 0 Å². The Balaban J connectivity index is 0. The fourth-order valence-electron chi connectivity index (χ4n) is 4.20. The number of hydrogen-bond donors (Lipinski definition) is 0. The minimum absolute atomic E-state index is 0. The van der Waals surface area contributed by atoms with Crippen LogP contribution in [0, 0.1) is 0 Å². The van der Waals surface area contributed by atoms with E-state index in [1.54, 1.807) is 24.3 Å². The van der Waals surface area contributed by atoms with Crippen molar-refractivity contribution in [1.82, 2.24) is 0 Å². The van der Waals surface area contributed by atoms with Gasteiger partial charge in [-0.2, -0.15) is 25.3 Å². The molecule has 3 aromatic rings. The van der Waals surface area contributed by atoms with Gasteiger partial charge in [0.2, 0.25) is 18.1 Å². The van der Waals surface area contributed by atoms with Crippen molar-refractivity contribution in [2.45, 2.75) is 40.0 Å². The van der Waals surface area contributed by atoms with Gasteiger partial charge in [0, 0.05) is 21.4 Å². The molecular weight excluding hydrogens is 987 g/mol. The maximum Gasteiger partial charge on any atom is 1.00 e. The first-order chi connectivity index (χ1) is 27.0. The summed E-state index contributed by atoms with van der Waals surface area (Å²) in [7, 11) is -12.1. The van der Waals surface area contributed by atoms with Crippen molar-refractivity contribution in [3.8, 4) is 17.2 Å². The Hall–Kier alpha value is -2.69. The largest absolute Gasteiger partial charge is 1.00 e. The topological polar surface area (TPSA) is 314 Å². The molecule has 28 heteroatoms. The standard InChI is InChI=1S/C19H20O8S2.C11H13O6S2.C3H6Cl2O4S2.Na.H2O/c1-14(20)16-8-3-5-10-18(16)26-28(22,23)12-7-13-29(24,25)27-19-11-6-4-9-17(19)15(2)21;1-9(12)10-5-2-3-6-11(10)17-19(15,16)8-4-7-18(13)14;4-10(6,7)2-1-3-11(5,8)9;;/h3-6,8-11H,7,12-13H2,1-2H3;2-3,5-6H,4,7-8H2,1H3;1-3H2;;1H2/q;-1;;+1;/p-1. The Morgan fingerprint density at radius 3 is 0.967 bits per heavy atom. The molecule has 0 saturated heterocycles. The molecule has 0 atom stereocenters. The SMILES string of the molecule is CC(=O)c1ccccc1OS(=O)(=O)CCCS(=O)(=O)Oc1ccccc1C(C)=O.CC(=O)c1ccccc1OS(=O)(=O)CCC[S-](=O)=O.O=S(=O)(Cl)CCCS(=O)(=O)Cl.[Na+].[OH-]. The van der Waals surface area contributed by atoms with Gasteiger partial charge in [-0.25, -0.2) is 16.8 Å². The zero-order valence-electron chi connectivity index (χ0n) is 32.8. The summed E-state index contributed by atoms with van der Waals surface area (Å²) >= 11 is 0. The first-order valence-electron chi connectivity index (χ1n) is 16.5. The summed E-state index contributed by atoms with van der Waals surface area (Å²) in [5.74, 6) is -3.95. The Kier molecular flexibility index (Phi) is 27.2. The molecule has 3 rings (SSSR count). The molecule has 0 heterocycles. The van der Waals surface area contributed by atoms with Gasteiger partial charge in [0.05, 0.1) is 45.5 Å². The zero-order chi connectivity index (χ0) is 45.2. The summed E-state index contributed by atoms with van der Waals surface area (Å²) in [5.41, 5.74) is 0.374. The van der Waals surface area contributed by atoms with Crippen LogP contribution in [0.15, 0.2) is 72.8 Å². The van der Waals surface area contributed by atoms with E-state index in [1.165, 1.54) is 69.3 Å². The third kappa shape index (κ3) is 27.2. The van der Waals surface area contributed by atoms with Crippen LogP contribution < -0.4 is 42.1 Å². The minimum atomic E-state index is -4.13. The monoisotopic (exact) mass is 1020 g/mol. The second-order valence-electron chi connectivity index (χ2n) is 11.7. The molecule has 0 spiro atoms. The molecule has 0 amide bonds. The number of halogens is 2. The molecule has 61 heavy (non-hydrogen) atoms. The van der Waals surface area contributed by atoms with Crippen molar-refractivity contribution in [2.24, 2.45) is 0 Å². The van der Waals surface area contributed by atoms with Crippen LogP contribution in [0.5, 0.6) is 17.2 Å². The maximum atomic E-state index is 12.1. The van der Waals surface area contributed by atoms with Crippen molar-refractivity contribution in [2.75, 3.05) is 34.5 Å². The number of ketones is 3. The van der Waals surface area contributed by atoms with Crippen LogP contribution in [0.3, 0.4) is 0 Å². The smallest absolute Gasteiger partial charge is 0.870 e. The van der Waals surface area contributed by atoms with Crippen molar-refractivity contribution < 1.29 is 112 Å². The van der Waals surface area contributed by atoms with Gasteiger partial charge in [-0.3, -0.25) is 14.4 Å². The number of para-hydroxylation sites is 3. The Bertz CT molecular complexity index is 2470. The third-order valence-corrected chi connectivity index (χ3v) is 13.5. The van der Waals surface area contributed by atoms with Gasteiger partial charge >= 0.3 is 59.9 Å². The first-order valence-corrected chi connectivity index (χ1v) is 27.4. The van der Waals surface area contributed by atoms with E-state index in [-0.39, 0.29) is 123 Å². The van der Waals surface area contributed by atoms with Crippen molar-refractivity contribution in [3.05, 3.63) is 89.5 Å². The fraction of sp³-hybridized carbons (Fsp3) is 0.364. The second-order valence-corrected chi connectivity index (χ2v) is 23.6. The molecule has 0 aliphatic carbocycles. The number of carbonyl (C=O) groups excluding carboxylic acids is 3. The molecule has 0 unspecified atom stereocenters. The molecule has 0 bridgehead atoms. The minimum Gasteiger partial charge on any atom is -0.870 e. The Morgan fingerprint density at radius 1 is 0.475 bits per heavy atom. The summed E-state index contributed by atoms with van der Waals surface area (Å²) in [4.78, 5) is 34.4. The number of hydrogen-bond acceptors (Lipinski definition) is 20. The summed E-state index contributed by atoms with van der Waals surface area (Å²) < 4.78 is 148. The van der Waals surface area contributed by atoms with E-state index in [0.29, 0.717) is 0 Å². The predicted molar refractivity (Wildman–Crippen MR) is 221 cm³/mol. The summed E-state index contributed by atoms with van der Waals surface area (Å²) in [5, 5.41) is 0. The number of benzene rings is 3. The molecule has 0 aromatic heterocycles. The van der Waals surface area contributed by atoms with Gasteiger partial charge in [0.15, 0.2) is 34.6 Å². The Labute approximate surface area is 388 Å². The predicted octanol–water partition coefficient (Wildman–Crippen LogP) is 1.24. The zero-order valence-corrected chi connectivity index (χ0v) is 41.2. The molecule has 0 radical (unpaired) electrons. The molecular formula is C33H40Cl2NaO19S6-. The van der Waals surface area contributed by atoms with Crippen LogP contribution in [-0.2, 0) is 67.6 Å². The maximum absolute atomic E-state index is 12.1. The van der Waals surface area contributed by atoms with Gasteiger partial charge in [-0.1, -0.05) is 52.9 Å². The molecule has 1 N–H and O–H groups in total. The van der Waals surface area contributed by atoms with Crippen LogP contribution in [0.1, 0.15) is 71.1 Å². The van der Waals surface area contributed by atoms with Gasteiger partial charge in [-0.05, 0) is 76.4 Å². The average Bonchev–Trinajstić information content (AvgIpc) is 3.07. The van der Waals surface area contributed by atoms with Crippen LogP contribution >= 0.6 is 21.4 Å². The van der Waals surface area contributed by atoms with E-state index in [2.05, 4.69) is 0 Å². The van der Waals surface area contributed by atoms with E-state index >= 15 is 0 Å². The normalized spacial score (nSPS) is 11.5. The van der Waals surface area contributed by atoms with E-state index < -0.39 is 76.4 Å². The molecule has 0 saturated carbocycles.